The van der Waals surface area contributed by atoms with Gasteiger partial charge in [0.25, 0.3) is 0 Å². The molecule has 0 saturated carbocycles. The lowest BCUT2D eigenvalue weighted by molar-refractivity contribution is 0.739. The molecule has 0 aromatic carbocycles. The average Bonchev–Trinajstić information content (AvgIpc) is 2.56. The summed E-state index contributed by atoms with van der Waals surface area (Å²) in [5, 5.41) is 3.15. The third-order valence-electron chi connectivity index (χ3n) is 1.95. The minimum absolute atomic E-state index is 0.661. The van der Waals surface area contributed by atoms with Gasteiger partial charge in [-0.15, -0.1) is 11.3 Å². The van der Waals surface area contributed by atoms with E-state index in [9.17, 15) is 0 Å². The van der Waals surface area contributed by atoms with Gasteiger partial charge in [-0.3, -0.25) is 0 Å². The third kappa shape index (κ3) is 1.48. The van der Waals surface area contributed by atoms with E-state index in [4.69, 9.17) is 0 Å². The van der Waals surface area contributed by atoms with Crippen molar-refractivity contribution in [1.29, 1.82) is 0 Å². The summed E-state index contributed by atoms with van der Waals surface area (Å²) in [4.78, 5) is 4.27. The van der Waals surface area contributed by atoms with E-state index in [1.807, 2.05) is 11.6 Å². The third-order valence-corrected chi connectivity index (χ3v) is 2.77. The lowest BCUT2D eigenvalue weighted by Crippen LogP contribution is -1.94. The molecule has 0 aliphatic heterocycles. The van der Waals surface area contributed by atoms with Crippen LogP contribution < -0.4 is 0 Å². The quantitative estimate of drug-likeness (QED) is 0.642. The Bertz CT molecular complexity index is 309. The highest BCUT2D eigenvalue weighted by atomic mass is 32.1. The first-order valence-corrected chi connectivity index (χ1v) is 5.02. The van der Waals surface area contributed by atoms with Crippen molar-refractivity contribution in [3.63, 3.8) is 0 Å². The predicted octanol–water partition coefficient (Wildman–Crippen LogP) is 3.12. The number of hydrogen-bond donors (Lipinski definition) is 0. The van der Waals surface area contributed by atoms with E-state index in [1.54, 1.807) is 11.3 Å². The van der Waals surface area contributed by atoms with Gasteiger partial charge in [0.1, 0.15) is 5.01 Å². The molecule has 1 atom stereocenters. The molecule has 0 bridgehead atoms. The largest absolute Gasteiger partial charge is 0.245 e. The minimum atomic E-state index is 0.661. The van der Waals surface area contributed by atoms with Crippen molar-refractivity contribution in [3.8, 4) is 0 Å². The highest BCUT2D eigenvalue weighted by Gasteiger charge is 2.07. The molecular weight excluding hydrogens is 166 g/mol. The van der Waals surface area contributed by atoms with Crippen molar-refractivity contribution in [1.82, 2.24) is 4.98 Å². The van der Waals surface area contributed by atoms with Gasteiger partial charge < -0.3 is 0 Å². The van der Waals surface area contributed by atoms with Crippen LogP contribution in [0, 0.1) is 5.92 Å². The first kappa shape index (κ1) is 7.74. The molecule has 1 aromatic rings. The molecule has 1 nitrogen and oxygen atoms in total. The zero-order valence-electron chi connectivity index (χ0n) is 7.03. The maximum absolute atomic E-state index is 4.27. The lowest BCUT2D eigenvalue weighted by atomic mass is 9.98. The number of allylic oxidation sites excluding steroid dienone is 4. The zero-order chi connectivity index (χ0) is 8.39. The maximum Gasteiger partial charge on any atom is 0.122 e. The van der Waals surface area contributed by atoms with Crippen LogP contribution >= 0.6 is 11.3 Å². The molecule has 12 heavy (non-hydrogen) atoms. The van der Waals surface area contributed by atoms with Crippen LogP contribution in [0.2, 0.25) is 0 Å². The fourth-order valence-corrected chi connectivity index (χ4v) is 1.99. The van der Waals surface area contributed by atoms with Crippen LogP contribution in [0.25, 0.3) is 5.57 Å². The number of nitrogens with zero attached hydrogens (tertiary/aromatic N) is 1. The smallest absolute Gasteiger partial charge is 0.122 e. The summed E-state index contributed by atoms with van der Waals surface area (Å²) in [6.45, 7) is 2.23. The SMILES string of the molecule is CC1C=C(c2nccs2)C=CC1. The second kappa shape index (κ2) is 3.23. The lowest BCUT2D eigenvalue weighted by Gasteiger charge is -2.09. The Kier molecular flexibility index (Phi) is 2.09. The highest BCUT2D eigenvalue weighted by molar-refractivity contribution is 7.10. The minimum Gasteiger partial charge on any atom is -0.245 e. The van der Waals surface area contributed by atoms with Crippen molar-refractivity contribution in [3.05, 3.63) is 34.8 Å². The van der Waals surface area contributed by atoms with Gasteiger partial charge in [0.05, 0.1) is 0 Å². The first-order valence-electron chi connectivity index (χ1n) is 4.14. The molecule has 1 aliphatic rings. The van der Waals surface area contributed by atoms with Gasteiger partial charge >= 0.3 is 0 Å². The van der Waals surface area contributed by atoms with E-state index < -0.39 is 0 Å². The number of aromatic nitrogens is 1. The molecule has 0 spiro atoms. The Hall–Kier alpha value is -0.890. The van der Waals surface area contributed by atoms with Crippen molar-refractivity contribution in [2.75, 3.05) is 0 Å². The Morgan fingerprint density at radius 2 is 2.50 bits per heavy atom. The van der Waals surface area contributed by atoms with Gasteiger partial charge in [-0.05, 0) is 12.3 Å². The molecular formula is C10H11NS. The summed E-state index contributed by atoms with van der Waals surface area (Å²) in [5.41, 5.74) is 1.28. The molecule has 0 amide bonds. The summed E-state index contributed by atoms with van der Waals surface area (Å²) in [7, 11) is 0. The normalized spacial score (nSPS) is 22.4. The maximum atomic E-state index is 4.27. The summed E-state index contributed by atoms with van der Waals surface area (Å²) >= 11 is 1.70. The number of rotatable bonds is 1. The molecule has 1 aromatic heterocycles. The standard InChI is InChI=1S/C10H11NS/c1-8-3-2-4-9(7-8)10-11-5-6-12-10/h2,4-8H,3H2,1H3. The van der Waals surface area contributed by atoms with Gasteiger partial charge in [0.15, 0.2) is 0 Å². The van der Waals surface area contributed by atoms with Crippen LogP contribution in [0.3, 0.4) is 0 Å². The number of thiazole rings is 1. The Morgan fingerprint density at radius 1 is 1.58 bits per heavy atom. The van der Waals surface area contributed by atoms with E-state index in [-0.39, 0.29) is 0 Å². The summed E-state index contributed by atoms with van der Waals surface area (Å²) in [5.74, 6) is 0.661. The van der Waals surface area contributed by atoms with Gasteiger partial charge in [0, 0.05) is 17.2 Å². The Morgan fingerprint density at radius 3 is 3.17 bits per heavy atom. The molecule has 1 heterocycles. The molecule has 0 fully saturated rings. The van der Waals surface area contributed by atoms with Crippen molar-refractivity contribution >= 4 is 16.9 Å². The summed E-state index contributed by atoms with van der Waals surface area (Å²) < 4.78 is 0. The van der Waals surface area contributed by atoms with E-state index in [0.29, 0.717) is 5.92 Å². The number of hydrogen-bond acceptors (Lipinski definition) is 2. The van der Waals surface area contributed by atoms with Gasteiger partial charge in [-0.2, -0.15) is 0 Å². The molecule has 2 heteroatoms. The molecule has 2 rings (SSSR count). The monoisotopic (exact) mass is 177 g/mol. The van der Waals surface area contributed by atoms with Crippen molar-refractivity contribution < 1.29 is 0 Å². The molecule has 0 saturated heterocycles. The van der Waals surface area contributed by atoms with Crippen molar-refractivity contribution in [2.24, 2.45) is 5.92 Å². The van der Waals surface area contributed by atoms with Crippen LogP contribution in [-0.2, 0) is 0 Å². The fourth-order valence-electron chi connectivity index (χ4n) is 1.35. The van der Waals surface area contributed by atoms with E-state index in [1.165, 1.54) is 5.57 Å². The second-order valence-electron chi connectivity index (χ2n) is 3.07. The van der Waals surface area contributed by atoms with Crippen LogP contribution in [0.1, 0.15) is 18.4 Å². The summed E-state index contributed by atoms with van der Waals surface area (Å²) in [6.07, 6.45) is 9.70. The molecule has 0 N–H and O–H groups in total. The van der Waals surface area contributed by atoms with E-state index in [0.717, 1.165) is 11.4 Å². The van der Waals surface area contributed by atoms with Crippen LogP contribution in [-0.4, -0.2) is 4.98 Å². The molecule has 1 unspecified atom stereocenters. The predicted molar refractivity (Wildman–Crippen MR) is 53.0 cm³/mol. The molecule has 0 radical (unpaired) electrons. The average molecular weight is 177 g/mol. The fraction of sp³-hybridized carbons (Fsp3) is 0.300. The van der Waals surface area contributed by atoms with E-state index >= 15 is 0 Å². The second-order valence-corrected chi connectivity index (χ2v) is 3.97. The Labute approximate surface area is 76.5 Å². The molecule has 62 valence electrons. The van der Waals surface area contributed by atoms with Crippen LogP contribution in [0.5, 0.6) is 0 Å². The highest BCUT2D eigenvalue weighted by Crippen LogP contribution is 2.25. The van der Waals surface area contributed by atoms with Gasteiger partial charge in [0.2, 0.25) is 0 Å². The van der Waals surface area contributed by atoms with Gasteiger partial charge in [-0.25, -0.2) is 4.98 Å². The van der Waals surface area contributed by atoms with Gasteiger partial charge in [-0.1, -0.05) is 25.2 Å². The topological polar surface area (TPSA) is 12.9 Å². The Balaban J connectivity index is 2.30. The van der Waals surface area contributed by atoms with Crippen LogP contribution in [0.4, 0.5) is 0 Å². The van der Waals surface area contributed by atoms with Crippen LogP contribution in [0.15, 0.2) is 29.8 Å². The molecule has 1 aliphatic carbocycles. The summed E-state index contributed by atoms with van der Waals surface area (Å²) in [6, 6.07) is 0. The zero-order valence-corrected chi connectivity index (χ0v) is 7.84. The van der Waals surface area contributed by atoms with E-state index in [2.05, 4.69) is 30.1 Å². The first-order chi connectivity index (χ1) is 5.86. The van der Waals surface area contributed by atoms with Crippen molar-refractivity contribution in [2.45, 2.75) is 13.3 Å².